The molecule has 4 rings (SSSR count). The number of aliphatic hydroxyl groups excluding tert-OH is 1. The van der Waals surface area contributed by atoms with Crippen molar-refractivity contribution >= 4 is 28.4 Å². The molecule has 0 unspecified atom stereocenters. The maximum Gasteiger partial charge on any atom is 0.408 e. The summed E-state index contributed by atoms with van der Waals surface area (Å²) in [4.78, 5) is 26.4. The van der Waals surface area contributed by atoms with E-state index in [2.05, 4.69) is 25.4 Å². The van der Waals surface area contributed by atoms with E-state index in [1.807, 2.05) is 0 Å². The Hall–Kier alpha value is -3.28. The van der Waals surface area contributed by atoms with Crippen molar-refractivity contribution < 1.29 is 23.1 Å². The van der Waals surface area contributed by atoms with Gasteiger partial charge in [-0.2, -0.15) is 18.3 Å². The van der Waals surface area contributed by atoms with E-state index < -0.39 is 24.7 Å². The van der Waals surface area contributed by atoms with Gasteiger partial charge in [-0.15, -0.1) is 0 Å². The second-order valence-electron chi connectivity index (χ2n) is 6.95. The lowest BCUT2D eigenvalue weighted by atomic mass is 10.1. The third kappa shape index (κ3) is 4.32. The molecule has 158 valence electrons. The average Bonchev–Trinajstić information content (AvgIpc) is 3.03. The topological polar surface area (TPSA) is 109 Å². The first kappa shape index (κ1) is 20.0. The van der Waals surface area contributed by atoms with E-state index in [9.17, 15) is 23.1 Å². The van der Waals surface area contributed by atoms with Crippen LogP contribution in [-0.2, 0) is 6.54 Å². The van der Waals surface area contributed by atoms with Crippen LogP contribution in [0.4, 0.5) is 24.8 Å². The predicted molar refractivity (Wildman–Crippen MR) is 100 cm³/mol. The number of nitrogens with zero attached hydrogens (tertiary/aromatic N) is 6. The summed E-state index contributed by atoms with van der Waals surface area (Å²) in [7, 11) is 0. The van der Waals surface area contributed by atoms with E-state index in [1.165, 1.54) is 35.8 Å². The number of aromatic nitrogens is 5. The molecule has 12 heteroatoms. The van der Waals surface area contributed by atoms with Gasteiger partial charge in [0.2, 0.25) is 0 Å². The van der Waals surface area contributed by atoms with Crippen LogP contribution in [0, 0.1) is 0 Å². The van der Waals surface area contributed by atoms with Crippen molar-refractivity contribution in [3.8, 4) is 0 Å². The van der Waals surface area contributed by atoms with Gasteiger partial charge in [0.15, 0.2) is 5.82 Å². The molecule has 1 aliphatic heterocycles. The summed E-state index contributed by atoms with van der Waals surface area (Å²) >= 11 is 0. The molecule has 0 bridgehead atoms. The number of hydrogen-bond donors (Lipinski definition) is 2. The Bertz CT molecular complexity index is 1050. The Kier molecular flexibility index (Phi) is 5.24. The first-order valence-electron chi connectivity index (χ1n) is 9.24. The van der Waals surface area contributed by atoms with Crippen molar-refractivity contribution in [1.29, 1.82) is 0 Å². The fourth-order valence-corrected chi connectivity index (χ4v) is 3.28. The normalized spacial score (nSPS) is 15.5. The van der Waals surface area contributed by atoms with E-state index in [4.69, 9.17) is 0 Å². The monoisotopic (exact) mass is 421 g/mol. The molecular formula is C18H18F3N7O2. The Morgan fingerprint density at radius 1 is 1.20 bits per heavy atom. The third-order valence-corrected chi connectivity index (χ3v) is 4.75. The molecule has 1 saturated heterocycles. The highest BCUT2D eigenvalue weighted by atomic mass is 19.4. The number of likely N-dealkylation sites (tertiary alicyclic amines) is 1. The largest absolute Gasteiger partial charge is 0.408 e. The number of halogens is 3. The van der Waals surface area contributed by atoms with Gasteiger partial charge in [-0.25, -0.2) is 4.98 Å². The highest BCUT2D eigenvalue weighted by Crippen LogP contribution is 2.28. The molecule has 1 aliphatic rings. The molecule has 0 spiro atoms. The molecule has 0 radical (unpaired) electrons. The Balaban J connectivity index is 1.70. The second kappa shape index (κ2) is 7.86. The number of aliphatic hydroxyl groups is 1. The summed E-state index contributed by atoms with van der Waals surface area (Å²) in [6.07, 6.45) is 1.57. The summed E-state index contributed by atoms with van der Waals surface area (Å²) in [6.45, 7) is -0.596. The maximum absolute atomic E-state index is 13.1. The van der Waals surface area contributed by atoms with Crippen LogP contribution in [0.1, 0.15) is 23.3 Å². The molecule has 1 amide bonds. The van der Waals surface area contributed by atoms with Crippen molar-refractivity contribution in [1.82, 2.24) is 29.6 Å². The van der Waals surface area contributed by atoms with Gasteiger partial charge >= 0.3 is 6.18 Å². The number of nitrogens with one attached hydrogen (secondary N) is 1. The average molecular weight is 421 g/mol. The number of carbonyl (C=O) groups excluding carboxylic acids is 1. The van der Waals surface area contributed by atoms with Gasteiger partial charge in [0.05, 0.1) is 23.2 Å². The number of hydrogen-bond acceptors (Lipinski definition) is 7. The van der Waals surface area contributed by atoms with Crippen LogP contribution in [0.15, 0.2) is 30.9 Å². The molecule has 30 heavy (non-hydrogen) atoms. The van der Waals surface area contributed by atoms with E-state index in [0.717, 1.165) is 4.68 Å². The molecule has 0 aliphatic carbocycles. The van der Waals surface area contributed by atoms with E-state index in [0.29, 0.717) is 37.1 Å². The van der Waals surface area contributed by atoms with Gasteiger partial charge in [0, 0.05) is 31.7 Å². The summed E-state index contributed by atoms with van der Waals surface area (Å²) in [5.74, 6) is 0.0393. The molecule has 4 heterocycles. The molecule has 2 N–H and O–H groups in total. The Morgan fingerprint density at radius 3 is 2.63 bits per heavy atom. The molecule has 1 fully saturated rings. The van der Waals surface area contributed by atoms with Crippen LogP contribution in [0.2, 0.25) is 0 Å². The zero-order valence-electron chi connectivity index (χ0n) is 15.7. The zero-order chi connectivity index (χ0) is 21.3. The molecule has 3 aromatic heterocycles. The number of alkyl halides is 3. The minimum Gasteiger partial charge on any atom is -0.393 e. The van der Waals surface area contributed by atoms with Crippen molar-refractivity contribution in [2.45, 2.75) is 31.7 Å². The van der Waals surface area contributed by atoms with Crippen LogP contribution < -0.4 is 5.32 Å². The lowest BCUT2D eigenvalue weighted by Gasteiger charge is -2.29. The maximum atomic E-state index is 13.1. The van der Waals surface area contributed by atoms with Crippen LogP contribution in [0.25, 0.3) is 10.9 Å². The Labute approximate surface area is 168 Å². The highest BCUT2D eigenvalue weighted by Gasteiger charge is 2.31. The molecule has 0 aromatic carbocycles. The van der Waals surface area contributed by atoms with Gasteiger partial charge in [0.1, 0.15) is 18.1 Å². The third-order valence-electron chi connectivity index (χ3n) is 4.75. The highest BCUT2D eigenvalue weighted by molar-refractivity contribution is 5.98. The van der Waals surface area contributed by atoms with Gasteiger partial charge in [-0.3, -0.25) is 19.4 Å². The molecule has 0 atom stereocenters. The van der Waals surface area contributed by atoms with E-state index in [-0.39, 0.29) is 17.0 Å². The summed E-state index contributed by atoms with van der Waals surface area (Å²) in [5, 5.41) is 16.8. The van der Waals surface area contributed by atoms with Crippen LogP contribution in [0.5, 0.6) is 0 Å². The molecular weight excluding hydrogens is 403 g/mol. The number of fused-ring (bicyclic) bond motifs is 1. The van der Waals surface area contributed by atoms with E-state index in [1.54, 1.807) is 0 Å². The van der Waals surface area contributed by atoms with Gasteiger partial charge in [-0.05, 0) is 18.9 Å². The first-order chi connectivity index (χ1) is 14.3. The predicted octanol–water partition coefficient (Wildman–Crippen LogP) is 2.12. The van der Waals surface area contributed by atoms with Gasteiger partial charge < -0.3 is 15.3 Å². The molecule has 9 nitrogen and oxygen atoms in total. The smallest absolute Gasteiger partial charge is 0.393 e. The lowest BCUT2D eigenvalue weighted by molar-refractivity contribution is -0.141. The Morgan fingerprint density at radius 2 is 1.97 bits per heavy atom. The number of piperidine rings is 1. The van der Waals surface area contributed by atoms with Gasteiger partial charge in [-0.1, -0.05) is 0 Å². The van der Waals surface area contributed by atoms with Crippen molar-refractivity contribution in [2.24, 2.45) is 0 Å². The SMILES string of the molecule is O=C(c1cc2c(cn1)c(Nc1cnccn1)nn2CC(F)(F)F)N1CCC(O)CC1. The number of rotatable bonds is 4. The summed E-state index contributed by atoms with van der Waals surface area (Å²) in [5.41, 5.74) is 0.141. The molecule has 0 saturated carbocycles. The van der Waals surface area contributed by atoms with Gasteiger partial charge in [0.25, 0.3) is 5.91 Å². The van der Waals surface area contributed by atoms with Crippen LogP contribution in [0.3, 0.4) is 0 Å². The number of pyridine rings is 1. The number of anilines is 2. The van der Waals surface area contributed by atoms with Crippen molar-refractivity contribution in [3.63, 3.8) is 0 Å². The quantitative estimate of drug-likeness (QED) is 0.664. The van der Waals surface area contributed by atoms with Crippen LogP contribution >= 0.6 is 0 Å². The standard InChI is InChI=1S/C18H18F3N7O2/c19-18(20,21)10-28-14-7-13(17(30)27-5-1-11(29)2-6-27)24-8-12(14)16(26-28)25-15-9-22-3-4-23-15/h3-4,7-9,11,29H,1-2,5-6,10H2,(H,23,25,26). The lowest BCUT2D eigenvalue weighted by Crippen LogP contribution is -2.40. The summed E-state index contributed by atoms with van der Waals surface area (Å²) < 4.78 is 40.0. The van der Waals surface area contributed by atoms with E-state index >= 15 is 0 Å². The second-order valence-corrected chi connectivity index (χ2v) is 6.95. The van der Waals surface area contributed by atoms with Crippen molar-refractivity contribution in [2.75, 3.05) is 18.4 Å². The number of amides is 1. The minimum absolute atomic E-state index is 0.0215. The van der Waals surface area contributed by atoms with Crippen LogP contribution in [-0.4, -0.2) is 66.0 Å². The minimum atomic E-state index is -4.50. The number of carbonyl (C=O) groups is 1. The molecule has 3 aromatic rings. The van der Waals surface area contributed by atoms with Crippen molar-refractivity contribution in [3.05, 3.63) is 36.5 Å². The summed E-state index contributed by atoms with van der Waals surface area (Å²) in [6, 6.07) is 1.31. The first-order valence-corrected chi connectivity index (χ1v) is 9.24. The zero-order valence-corrected chi connectivity index (χ0v) is 15.7. The fraction of sp³-hybridized carbons (Fsp3) is 0.389. The fourth-order valence-electron chi connectivity index (χ4n) is 3.28.